The molecule has 0 saturated heterocycles. The zero-order valence-corrected chi connectivity index (χ0v) is 13.0. The molecule has 0 radical (unpaired) electrons. The van der Waals surface area contributed by atoms with E-state index in [2.05, 4.69) is 35.1 Å². The van der Waals surface area contributed by atoms with Crippen LogP contribution in [0, 0.1) is 0 Å². The predicted octanol–water partition coefficient (Wildman–Crippen LogP) is 5.47. The van der Waals surface area contributed by atoms with Gasteiger partial charge < -0.3 is 0 Å². The van der Waals surface area contributed by atoms with Gasteiger partial charge in [-0.05, 0) is 44.6 Å². The third-order valence-electron chi connectivity index (χ3n) is 5.55. The standard InChI is InChI=1S/C20H26N/c1-3-9-16(10-4-1)19-15-21(17-11-5-2-6-12-17)20-14-8-7-13-18(19)20/h7-8,13-15,17H,1-6,9-12H2/q+1. The highest BCUT2D eigenvalue weighted by atomic mass is 15.1. The lowest BCUT2D eigenvalue weighted by atomic mass is 9.89. The summed E-state index contributed by atoms with van der Waals surface area (Å²) in [5.41, 5.74) is 6.25. The molecule has 1 heteroatoms. The molecule has 1 nitrogen and oxygen atoms in total. The number of hydrogen-bond donors (Lipinski definition) is 0. The third kappa shape index (κ3) is 2.47. The number of fused-ring (bicyclic) bond motifs is 1. The second-order valence-corrected chi connectivity index (χ2v) is 6.92. The SMILES string of the molecule is C1=[N+](C2CCCCC2)c2ccccc2C1=C1CCCCC1. The van der Waals surface area contributed by atoms with Gasteiger partial charge in [0.2, 0.25) is 5.69 Å². The summed E-state index contributed by atoms with van der Waals surface area (Å²) in [5.74, 6) is 0. The Morgan fingerprint density at radius 2 is 1.52 bits per heavy atom. The van der Waals surface area contributed by atoms with E-state index in [1.165, 1.54) is 75.5 Å². The van der Waals surface area contributed by atoms with Crippen molar-refractivity contribution in [3.05, 3.63) is 35.4 Å². The van der Waals surface area contributed by atoms with Crippen LogP contribution in [-0.4, -0.2) is 16.8 Å². The third-order valence-corrected chi connectivity index (χ3v) is 5.55. The lowest BCUT2D eigenvalue weighted by Gasteiger charge is -2.18. The smallest absolute Gasteiger partial charge is 0.195 e. The molecule has 4 rings (SSSR count). The van der Waals surface area contributed by atoms with Crippen LogP contribution >= 0.6 is 0 Å². The monoisotopic (exact) mass is 280 g/mol. The largest absolute Gasteiger partial charge is 0.213 e. The maximum absolute atomic E-state index is 2.62. The van der Waals surface area contributed by atoms with Crippen LogP contribution in [-0.2, 0) is 0 Å². The molecule has 1 aliphatic heterocycles. The van der Waals surface area contributed by atoms with Crippen molar-refractivity contribution >= 4 is 17.5 Å². The molecule has 1 aromatic carbocycles. The van der Waals surface area contributed by atoms with Crippen molar-refractivity contribution < 1.29 is 4.58 Å². The minimum absolute atomic E-state index is 0.738. The summed E-state index contributed by atoms with van der Waals surface area (Å²) < 4.78 is 2.62. The van der Waals surface area contributed by atoms with Crippen LogP contribution in [0.15, 0.2) is 29.8 Å². The molecule has 0 amide bonds. The van der Waals surface area contributed by atoms with E-state index < -0.39 is 0 Å². The number of allylic oxidation sites excluding steroid dienone is 2. The fraction of sp³-hybridized carbons (Fsp3) is 0.550. The van der Waals surface area contributed by atoms with Gasteiger partial charge >= 0.3 is 0 Å². The van der Waals surface area contributed by atoms with E-state index in [0.29, 0.717) is 0 Å². The van der Waals surface area contributed by atoms with Crippen LogP contribution in [0.1, 0.15) is 69.8 Å². The Balaban J connectivity index is 1.76. The number of para-hydroxylation sites is 1. The first-order valence-corrected chi connectivity index (χ1v) is 8.88. The number of benzene rings is 1. The molecule has 0 bridgehead atoms. The maximum Gasteiger partial charge on any atom is 0.213 e. The zero-order valence-electron chi connectivity index (χ0n) is 13.0. The van der Waals surface area contributed by atoms with Gasteiger partial charge in [-0.2, -0.15) is 4.58 Å². The van der Waals surface area contributed by atoms with Gasteiger partial charge in [0.1, 0.15) is 0 Å². The summed E-state index contributed by atoms with van der Waals surface area (Å²) >= 11 is 0. The highest BCUT2D eigenvalue weighted by Crippen LogP contribution is 2.39. The summed E-state index contributed by atoms with van der Waals surface area (Å²) in [6.45, 7) is 0. The minimum Gasteiger partial charge on any atom is -0.195 e. The molecule has 0 N–H and O–H groups in total. The normalized spacial score (nSPS) is 23.1. The first-order valence-electron chi connectivity index (χ1n) is 8.88. The van der Waals surface area contributed by atoms with Crippen LogP contribution in [0.3, 0.4) is 0 Å². The molecule has 0 atom stereocenters. The van der Waals surface area contributed by atoms with E-state index in [1.54, 1.807) is 11.1 Å². The summed E-state index contributed by atoms with van der Waals surface area (Å²) in [4.78, 5) is 0. The molecular formula is C20H26N+. The first kappa shape index (κ1) is 13.3. The lowest BCUT2D eigenvalue weighted by molar-refractivity contribution is -0.482. The van der Waals surface area contributed by atoms with Crippen molar-refractivity contribution in [2.24, 2.45) is 0 Å². The molecule has 3 aliphatic rings. The molecule has 0 unspecified atom stereocenters. The van der Waals surface area contributed by atoms with Gasteiger partial charge in [0, 0.05) is 18.9 Å². The van der Waals surface area contributed by atoms with Crippen LogP contribution in [0.2, 0.25) is 0 Å². The van der Waals surface area contributed by atoms with Gasteiger partial charge in [-0.25, -0.2) is 0 Å². The van der Waals surface area contributed by atoms with E-state index in [4.69, 9.17) is 0 Å². The molecule has 2 aliphatic carbocycles. The van der Waals surface area contributed by atoms with Gasteiger partial charge in [-0.15, -0.1) is 0 Å². The highest BCUT2D eigenvalue weighted by Gasteiger charge is 2.34. The van der Waals surface area contributed by atoms with Gasteiger partial charge in [0.25, 0.3) is 0 Å². The van der Waals surface area contributed by atoms with Crippen LogP contribution in [0.25, 0.3) is 5.57 Å². The van der Waals surface area contributed by atoms with Crippen molar-refractivity contribution in [2.45, 2.75) is 70.3 Å². The van der Waals surface area contributed by atoms with Gasteiger partial charge in [0.05, 0.1) is 11.1 Å². The molecule has 2 fully saturated rings. The second-order valence-electron chi connectivity index (χ2n) is 6.92. The van der Waals surface area contributed by atoms with Crippen molar-refractivity contribution in [3.63, 3.8) is 0 Å². The van der Waals surface area contributed by atoms with E-state index >= 15 is 0 Å². The molecule has 1 aromatic rings. The summed E-state index contributed by atoms with van der Waals surface area (Å²) in [6, 6.07) is 9.82. The van der Waals surface area contributed by atoms with Gasteiger partial charge in [0.15, 0.2) is 12.3 Å². The molecule has 0 spiro atoms. The number of rotatable bonds is 1. The molecule has 21 heavy (non-hydrogen) atoms. The average Bonchev–Trinajstić information content (AvgIpc) is 2.96. The molecular weight excluding hydrogens is 254 g/mol. The van der Waals surface area contributed by atoms with E-state index in [-0.39, 0.29) is 0 Å². The molecule has 0 aromatic heterocycles. The molecule has 1 heterocycles. The fourth-order valence-corrected chi connectivity index (χ4v) is 4.40. The Morgan fingerprint density at radius 3 is 2.33 bits per heavy atom. The van der Waals surface area contributed by atoms with Crippen LogP contribution in [0.4, 0.5) is 5.69 Å². The first-order chi connectivity index (χ1) is 10.4. The fourth-order valence-electron chi connectivity index (χ4n) is 4.40. The second kappa shape index (κ2) is 5.79. The maximum atomic E-state index is 2.62. The summed E-state index contributed by atoms with van der Waals surface area (Å²) in [7, 11) is 0. The van der Waals surface area contributed by atoms with Crippen molar-refractivity contribution in [3.8, 4) is 0 Å². The van der Waals surface area contributed by atoms with Crippen molar-refractivity contribution in [2.75, 3.05) is 0 Å². The topological polar surface area (TPSA) is 3.01 Å². The van der Waals surface area contributed by atoms with E-state index in [0.717, 1.165) is 6.04 Å². The zero-order chi connectivity index (χ0) is 14.1. The number of nitrogens with zero attached hydrogens (tertiary/aromatic N) is 1. The van der Waals surface area contributed by atoms with Gasteiger partial charge in [-0.3, -0.25) is 0 Å². The lowest BCUT2D eigenvalue weighted by Crippen LogP contribution is -2.24. The highest BCUT2D eigenvalue weighted by molar-refractivity contribution is 6.13. The Bertz CT molecular complexity index is 580. The molecule has 2 saturated carbocycles. The van der Waals surface area contributed by atoms with Crippen LogP contribution < -0.4 is 0 Å². The minimum atomic E-state index is 0.738. The van der Waals surface area contributed by atoms with Crippen LogP contribution in [0.5, 0.6) is 0 Å². The Morgan fingerprint density at radius 1 is 0.810 bits per heavy atom. The predicted molar refractivity (Wildman–Crippen MR) is 89.3 cm³/mol. The van der Waals surface area contributed by atoms with Crippen molar-refractivity contribution in [1.29, 1.82) is 0 Å². The average molecular weight is 280 g/mol. The summed E-state index contributed by atoms with van der Waals surface area (Å²) in [6.07, 6.45) is 16.3. The number of hydrogen-bond acceptors (Lipinski definition) is 0. The van der Waals surface area contributed by atoms with E-state index in [9.17, 15) is 0 Å². The molecule has 110 valence electrons. The Labute approximate surface area is 128 Å². The summed E-state index contributed by atoms with van der Waals surface area (Å²) in [5, 5.41) is 0. The van der Waals surface area contributed by atoms with Gasteiger partial charge in [-0.1, -0.05) is 30.5 Å². The Kier molecular flexibility index (Phi) is 3.67. The quantitative estimate of drug-likeness (QED) is 0.600. The van der Waals surface area contributed by atoms with E-state index in [1.807, 2.05) is 0 Å². The van der Waals surface area contributed by atoms with Crippen molar-refractivity contribution in [1.82, 2.24) is 0 Å². The Hall–Kier alpha value is -1.37.